The zero-order chi connectivity index (χ0) is 14.5. The number of carbonyl (C=O) groups excluding carboxylic acids is 1. The molecule has 20 heavy (non-hydrogen) atoms. The second-order valence-corrected chi connectivity index (χ2v) is 6.20. The molecular weight excluding hydrogens is 248 g/mol. The van der Waals surface area contributed by atoms with Crippen molar-refractivity contribution in [3.05, 3.63) is 29.8 Å². The fourth-order valence-corrected chi connectivity index (χ4v) is 3.28. The number of rotatable bonds is 4. The largest absolute Gasteiger partial charge is 0.382 e. The first-order valence-corrected chi connectivity index (χ1v) is 7.73. The molecule has 0 heterocycles. The lowest BCUT2D eigenvalue weighted by atomic mass is 9.80. The van der Waals surface area contributed by atoms with Crippen LogP contribution in [0.15, 0.2) is 24.3 Å². The molecule has 2 rings (SSSR count). The summed E-state index contributed by atoms with van der Waals surface area (Å²) < 4.78 is 0. The van der Waals surface area contributed by atoms with Crippen molar-refractivity contribution >= 4 is 11.6 Å². The Labute approximate surface area is 122 Å². The molecule has 0 bridgehead atoms. The molecule has 1 aromatic rings. The Morgan fingerprint density at radius 3 is 2.25 bits per heavy atom. The number of benzene rings is 1. The molecule has 0 aliphatic heterocycles. The van der Waals surface area contributed by atoms with Crippen LogP contribution < -0.4 is 10.6 Å². The summed E-state index contributed by atoms with van der Waals surface area (Å²) >= 11 is 0. The summed E-state index contributed by atoms with van der Waals surface area (Å²) in [6, 6.07) is 8.36. The Balaban J connectivity index is 1.95. The van der Waals surface area contributed by atoms with Gasteiger partial charge >= 0.3 is 0 Å². The molecule has 1 aliphatic rings. The van der Waals surface area contributed by atoms with Crippen LogP contribution in [0.2, 0.25) is 0 Å². The van der Waals surface area contributed by atoms with Gasteiger partial charge in [0.2, 0.25) is 0 Å². The lowest BCUT2D eigenvalue weighted by molar-refractivity contribution is 0.0956. The highest BCUT2D eigenvalue weighted by atomic mass is 16.1. The van der Waals surface area contributed by atoms with E-state index in [0.29, 0.717) is 12.6 Å². The first-order chi connectivity index (χ1) is 9.58. The molecule has 1 aliphatic carbocycles. The zero-order valence-electron chi connectivity index (χ0n) is 12.8. The summed E-state index contributed by atoms with van der Waals surface area (Å²) in [5.74, 6) is 1.59. The van der Waals surface area contributed by atoms with Gasteiger partial charge in [0.05, 0.1) is 0 Å². The van der Waals surface area contributed by atoms with Gasteiger partial charge in [-0.25, -0.2) is 0 Å². The van der Waals surface area contributed by atoms with E-state index in [1.165, 1.54) is 19.3 Å². The van der Waals surface area contributed by atoms with E-state index in [2.05, 4.69) is 24.5 Å². The van der Waals surface area contributed by atoms with E-state index in [9.17, 15) is 4.79 Å². The van der Waals surface area contributed by atoms with Gasteiger partial charge in [0, 0.05) is 23.8 Å². The fraction of sp³-hybridized carbons (Fsp3) is 0.588. The molecule has 1 aromatic carbocycles. The summed E-state index contributed by atoms with van der Waals surface area (Å²) in [5, 5.41) is 6.42. The van der Waals surface area contributed by atoms with Gasteiger partial charge in [0.15, 0.2) is 0 Å². The summed E-state index contributed by atoms with van der Waals surface area (Å²) in [5.41, 5.74) is 1.84. The van der Waals surface area contributed by atoms with Gasteiger partial charge in [-0.1, -0.05) is 13.8 Å². The number of anilines is 1. The molecule has 1 saturated carbocycles. The molecule has 0 saturated heterocycles. The normalized spacial score (nSPS) is 26.1. The van der Waals surface area contributed by atoms with Gasteiger partial charge in [0.25, 0.3) is 5.91 Å². The molecule has 0 spiro atoms. The Hall–Kier alpha value is -1.51. The van der Waals surface area contributed by atoms with Crippen LogP contribution >= 0.6 is 0 Å². The molecule has 1 fully saturated rings. The van der Waals surface area contributed by atoms with Crippen LogP contribution in [-0.4, -0.2) is 18.5 Å². The van der Waals surface area contributed by atoms with E-state index >= 15 is 0 Å². The van der Waals surface area contributed by atoms with Gasteiger partial charge in [-0.05, 0) is 62.3 Å². The van der Waals surface area contributed by atoms with Crippen molar-refractivity contribution in [3.8, 4) is 0 Å². The van der Waals surface area contributed by atoms with Gasteiger partial charge in [-0.3, -0.25) is 4.79 Å². The zero-order valence-corrected chi connectivity index (χ0v) is 12.8. The van der Waals surface area contributed by atoms with E-state index < -0.39 is 0 Å². The lowest BCUT2D eigenvalue weighted by Gasteiger charge is -2.32. The SMILES string of the molecule is CCNC(=O)c1ccc(NC2CC(C)CC(C)C2)cc1. The number of nitrogens with one attached hydrogen (secondary N) is 2. The second kappa shape index (κ2) is 6.78. The third-order valence-electron chi connectivity index (χ3n) is 4.03. The first-order valence-electron chi connectivity index (χ1n) is 7.73. The highest BCUT2D eigenvalue weighted by molar-refractivity contribution is 5.94. The number of hydrogen-bond donors (Lipinski definition) is 2. The van der Waals surface area contributed by atoms with Crippen LogP contribution in [0.4, 0.5) is 5.69 Å². The number of carbonyl (C=O) groups is 1. The molecule has 0 radical (unpaired) electrons. The molecule has 110 valence electrons. The first kappa shape index (κ1) is 14.9. The average Bonchev–Trinajstić information content (AvgIpc) is 2.38. The maximum atomic E-state index is 11.7. The molecular formula is C17H26N2O. The van der Waals surface area contributed by atoms with Crippen molar-refractivity contribution in [2.45, 2.75) is 46.1 Å². The highest BCUT2D eigenvalue weighted by Gasteiger charge is 2.23. The van der Waals surface area contributed by atoms with Crippen molar-refractivity contribution in [1.29, 1.82) is 0 Å². The minimum absolute atomic E-state index is 0.000962. The van der Waals surface area contributed by atoms with Crippen LogP contribution in [-0.2, 0) is 0 Å². The summed E-state index contributed by atoms with van der Waals surface area (Å²) in [7, 11) is 0. The lowest BCUT2D eigenvalue weighted by Crippen LogP contribution is -2.30. The molecule has 2 N–H and O–H groups in total. The van der Waals surface area contributed by atoms with Gasteiger partial charge in [0.1, 0.15) is 0 Å². The fourth-order valence-electron chi connectivity index (χ4n) is 3.28. The average molecular weight is 274 g/mol. The van der Waals surface area contributed by atoms with E-state index in [1.807, 2.05) is 31.2 Å². The van der Waals surface area contributed by atoms with Crippen LogP contribution in [0.1, 0.15) is 50.4 Å². The minimum atomic E-state index is -0.000962. The number of hydrogen-bond acceptors (Lipinski definition) is 2. The summed E-state index contributed by atoms with van der Waals surface area (Å²) in [6.45, 7) is 7.26. The van der Waals surface area contributed by atoms with Crippen LogP contribution in [0.5, 0.6) is 0 Å². The van der Waals surface area contributed by atoms with Crippen LogP contribution in [0, 0.1) is 11.8 Å². The van der Waals surface area contributed by atoms with Crippen molar-refractivity contribution < 1.29 is 4.79 Å². The molecule has 3 heteroatoms. The highest BCUT2D eigenvalue weighted by Crippen LogP contribution is 2.30. The molecule has 2 atom stereocenters. The monoisotopic (exact) mass is 274 g/mol. The van der Waals surface area contributed by atoms with Crippen LogP contribution in [0.25, 0.3) is 0 Å². The van der Waals surface area contributed by atoms with Crippen molar-refractivity contribution in [3.63, 3.8) is 0 Å². The quantitative estimate of drug-likeness (QED) is 0.879. The predicted molar refractivity (Wildman–Crippen MR) is 84.0 cm³/mol. The molecule has 2 unspecified atom stereocenters. The van der Waals surface area contributed by atoms with Crippen LogP contribution in [0.3, 0.4) is 0 Å². The van der Waals surface area contributed by atoms with Gasteiger partial charge < -0.3 is 10.6 Å². The van der Waals surface area contributed by atoms with Crippen molar-refractivity contribution in [2.24, 2.45) is 11.8 Å². The Morgan fingerprint density at radius 2 is 1.70 bits per heavy atom. The van der Waals surface area contributed by atoms with E-state index in [1.54, 1.807) is 0 Å². The maximum Gasteiger partial charge on any atom is 0.251 e. The standard InChI is InChI=1S/C17H26N2O/c1-4-18-17(20)14-5-7-15(8-6-14)19-16-10-12(2)9-13(3)11-16/h5-8,12-13,16,19H,4,9-11H2,1-3H3,(H,18,20). The molecule has 1 amide bonds. The van der Waals surface area contributed by atoms with E-state index in [4.69, 9.17) is 0 Å². The Kier molecular flexibility index (Phi) is 5.05. The van der Waals surface area contributed by atoms with Crippen molar-refractivity contribution in [1.82, 2.24) is 5.32 Å². The minimum Gasteiger partial charge on any atom is -0.382 e. The predicted octanol–water partition coefficient (Wildman–Crippen LogP) is 3.67. The second-order valence-electron chi connectivity index (χ2n) is 6.20. The van der Waals surface area contributed by atoms with E-state index in [-0.39, 0.29) is 5.91 Å². The third-order valence-corrected chi connectivity index (χ3v) is 4.03. The van der Waals surface area contributed by atoms with E-state index in [0.717, 1.165) is 23.1 Å². The molecule has 3 nitrogen and oxygen atoms in total. The number of amides is 1. The van der Waals surface area contributed by atoms with Gasteiger partial charge in [-0.2, -0.15) is 0 Å². The third kappa shape index (κ3) is 3.99. The smallest absolute Gasteiger partial charge is 0.251 e. The Bertz CT molecular complexity index is 431. The van der Waals surface area contributed by atoms with Gasteiger partial charge in [-0.15, -0.1) is 0 Å². The molecule has 0 aromatic heterocycles. The van der Waals surface area contributed by atoms with Crippen molar-refractivity contribution in [2.75, 3.05) is 11.9 Å². The summed E-state index contributed by atoms with van der Waals surface area (Å²) in [6.07, 6.45) is 3.82. The maximum absolute atomic E-state index is 11.7. The Morgan fingerprint density at radius 1 is 1.10 bits per heavy atom. The summed E-state index contributed by atoms with van der Waals surface area (Å²) in [4.78, 5) is 11.7. The topological polar surface area (TPSA) is 41.1 Å².